The molecular formula is C11H13FNO. The number of alkyl halides is 1. The van der Waals surface area contributed by atoms with Crippen molar-refractivity contribution in [3.05, 3.63) is 30.4 Å². The second kappa shape index (κ2) is 3.48. The Labute approximate surface area is 83.3 Å². The molecule has 2 rings (SSSR count). The summed E-state index contributed by atoms with van der Waals surface area (Å²) in [6, 6.07) is 7.66. The van der Waals surface area contributed by atoms with Crippen molar-refractivity contribution < 1.29 is 9.13 Å². The highest BCUT2D eigenvalue weighted by Crippen LogP contribution is 2.35. The number of hydrogen-bond acceptors (Lipinski definition) is 2. The van der Waals surface area contributed by atoms with E-state index in [-0.39, 0.29) is 0 Å². The number of rotatable bonds is 1. The predicted molar refractivity (Wildman–Crippen MR) is 54.2 cm³/mol. The second-order valence-electron chi connectivity index (χ2n) is 3.51. The summed E-state index contributed by atoms with van der Waals surface area (Å²) in [7, 11) is 1.93. The molecule has 0 aromatic heterocycles. The number of para-hydroxylation sites is 2. The van der Waals surface area contributed by atoms with Crippen molar-refractivity contribution in [2.75, 3.05) is 18.5 Å². The minimum absolute atomic E-state index is 0.478. The third-order valence-electron chi connectivity index (χ3n) is 2.35. The van der Waals surface area contributed by atoms with Crippen LogP contribution in [0.1, 0.15) is 6.92 Å². The minimum Gasteiger partial charge on any atom is -0.476 e. The topological polar surface area (TPSA) is 12.5 Å². The smallest absolute Gasteiger partial charge is 0.201 e. The molecule has 1 aliphatic heterocycles. The molecule has 1 heterocycles. The third kappa shape index (κ3) is 1.54. The number of nitrogens with zero attached hydrogens (tertiary/aromatic N) is 1. The van der Waals surface area contributed by atoms with Crippen LogP contribution in [-0.2, 0) is 0 Å². The Hall–Kier alpha value is -1.25. The van der Waals surface area contributed by atoms with Gasteiger partial charge in [-0.15, -0.1) is 0 Å². The molecule has 0 fully saturated rings. The van der Waals surface area contributed by atoms with Crippen LogP contribution >= 0.6 is 0 Å². The highest BCUT2D eigenvalue weighted by atomic mass is 19.1. The van der Waals surface area contributed by atoms with Crippen molar-refractivity contribution in [2.24, 2.45) is 0 Å². The molecule has 1 radical (unpaired) electrons. The van der Waals surface area contributed by atoms with E-state index in [2.05, 4.69) is 0 Å². The number of fused-ring (bicyclic) bond motifs is 1. The monoisotopic (exact) mass is 194 g/mol. The normalized spacial score (nSPS) is 18.6. The lowest BCUT2D eigenvalue weighted by atomic mass is 10.1. The van der Waals surface area contributed by atoms with E-state index in [1.54, 1.807) is 0 Å². The standard InChI is InChI=1S/C11H13FNO/c1-8(12)11-7-13(2)9-5-3-4-6-10(9)14-11/h3-6,8H,7H2,1-2H3. The first-order chi connectivity index (χ1) is 6.68. The SMILES string of the molecule is CC(F)[C]1CN(C)c2ccccc2O1. The zero-order valence-corrected chi connectivity index (χ0v) is 8.33. The molecule has 2 nitrogen and oxygen atoms in total. The molecule has 14 heavy (non-hydrogen) atoms. The largest absolute Gasteiger partial charge is 0.476 e. The van der Waals surface area contributed by atoms with Gasteiger partial charge in [-0.1, -0.05) is 12.1 Å². The Morgan fingerprint density at radius 3 is 2.86 bits per heavy atom. The summed E-state index contributed by atoms with van der Waals surface area (Å²) < 4.78 is 18.5. The van der Waals surface area contributed by atoms with Crippen LogP contribution in [-0.4, -0.2) is 19.8 Å². The van der Waals surface area contributed by atoms with Crippen LogP contribution in [0.3, 0.4) is 0 Å². The van der Waals surface area contributed by atoms with Gasteiger partial charge in [-0.3, -0.25) is 0 Å². The Morgan fingerprint density at radius 2 is 2.14 bits per heavy atom. The van der Waals surface area contributed by atoms with Gasteiger partial charge < -0.3 is 9.64 Å². The van der Waals surface area contributed by atoms with E-state index >= 15 is 0 Å². The average Bonchev–Trinajstić information content (AvgIpc) is 2.17. The van der Waals surface area contributed by atoms with Gasteiger partial charge in [-0.05, 0) is 19.1 Å². The number of halogens is 1. The maximum absolute atomic E-state index is 13.1. The summed E-state index contributed by atoms with van der Waals surface area (Å²) in [5.41, 5.74) is 1.01. The van der Waals surface area contributed by atoms with Gasteiger partial charge in [0.15, 0.2) is 0 Å². The first-order valence-electron chi connectivity index (χ1n) is 4.66. The van der Waals surface area contributed by atoms with Crippen LogP contribution in [0.15, 0.2) is 24.3 Å². The molecule has 0 spiro atoms. The molecule has 1 atom stereocenters. The zero-order valence-electron chi connectivity index (χ0n) is 8.33. The van der Waals surface area contributed by atoms with E-state index in [0.717, 1.165) is 11.4 Å². The summed E-state index contributed by atoms with van der Waals surface area (Å²) in [5.74, 6) is 0.737. The Kier molecular flexibility index (Phi) is 2.32. The van der Waals surface area contributed by atoms with Crippen LogP contribution in [0.25, 0.3) is 0 Å². The van der Waals surface area contributed by atoms with Gasteiger partial charge in [0.1, 0.15) is 11.9 Å². The summed E-state index contributed by atoms with van der Waals surface area (Å²) in [6.07, 6.45) is -0.544. The van der Waals surface area contributed by atoms with Crippen LogP contribution in [0.4, 0.5) is 10.1 Å². The molecule has 0 bridgehead atoms. The molecule has 0 saturated heterocycles. The van der Waals surface area contributed by atoms with Crippen LogP contribution in [0.2, 0.25) is 0 Å². The maximum atomic E-state index is 13.1. The molecule has 1 aliphatic rings. The Bertz CT molecular complexity index is 327. The summed E-state index contributed by atoms with van der Waals surface area (Å²) >= 11 is 0. The van der Waals surface area contributed by atoms with Gasteiger partial charge in [0.2, 0.25) is 6.10 Å². The van der Waals surface area contributed by atoms with Crippen LogP contribution in [0, 0.1) is 6.10 Å². The van der Waals surface area contributed by atoms with Gasteiger partial charge in [0, 0.05) is 7.05 Å². The van der Waals surface area contributed by atoms with Crippen molar-refractivity contribution in [3.63, 3.8) is 0 Å². The third-order valence-corrected chi connectivity index (χ3v) is 2.35. The molecule has 0 saturated carbocycles. The number of benzene rings is 1. The molecule has 3 heteroatoms. The molecule has 1 aromatic rings. The summed E-state index contributed by atoms with van der Waals surface area (Å²) in [6.45, 7) is 2.02. The fourth-order valence-corrected chi connectivity index (χ4v) is 1.56. The Balaban J connectivity index is 2.29. The number of ether oxygens (including phenoxy) is 1. The van der Waals surface area contributed by atoms with Crippen molar-refractivity contribution in [2.45, 2.75) is 13.1 Å². The molecule has 75 valence electrons. The second-order valence-corrected chi connectivity index (χ2v) is 3.51. The highest BCUT2D eigenvalue weighted by Gasteiger charge is 2.28. The average molecular weight is 194 g/mol. The summed E-state index contributed by atoms with van der Waals surface area (Å²) in [5, 5.41) is 0. The van der Waals surface area contributed by atoms with Crippen molar-refractivity contribution in [1.29, 1.82) is 0 Å². The van der Waals surface area contributed by atoms with Crippen LogP contribution in [0.5, 0.6) is 5.75 Å². The predicted octanol–water partition coefficient (Wildman–Crippen LogP) is 2.41. The van der Waals surface area contributed by atoms with E-state index in [9.17, 15) is 4.39 Å². The first kappa shape index (κ1) is 9.31. The molecule has 1 unspecified atom stereocenters. The lowest BCUT2D eigenvalue weighted by Crippen LogP contribution is -2.36. The van der Waals surface area contributed by atoms with Gasteiger partial charge in [-0.2, -0.15) is 0 Å². The zero-order chi connectivity index (χ0) is 10.1. The van der Waals surface area contributed by atoms with E-state index in [1.165, 1.54) is 6.92 Å². The van der Waals surface area contributed by atoms with Gasteiger partial charge in [-0.25, -0.2) is 4.39 Å². The van der Waals surface area contributed by atoms with Crippen molar-refractivity contribution in [1.82, 2.24) is 0 Å². The number of anilines is 1. The van der Waals surface area contributed by atoms with E-state index in [4.69, 9.17) is 4.74 Å². The lowest BCUT2D eigenvalue weighted by molar-refractivity contribution is 0.201. The van der Waals surface area contributed by atoms with Gasteiger partial charge in [0.05, 0.1) is 12.2 Å². The molecule has 0 aliphatic carbocycles. The van der Waals surface area contributed by atoms with Crippen molar-refractivity contribution >= 4 is 5.69 Å². The lowest BCUT2D eigenvalue weighted by Gasteiger charge is -2.33. The Morgan fingerprint density at radius 1 is 1.43 bits per heavy atom. The van der Waals surface area contributed by atoms with Gasteiger partial charge in [0.25, 0.3) is 0 Å². The fraction of sp³-hybridized carbons (Fsp3) is 0.364. The highest BCUT2D eigenvalue weighted by molar-refractivity contribution is 5.60. The first-order valence-corrected chi connectivity index (χ1v) is 4.66. The van der Waals surface area contributed by atoms with Gasteiger partial charge >= 0.3 is 0 Å². The number of likely N-dealkylation sites (N-methyl/N-ethyl adjacent to an activating group) is 1. The molecule has 0 amide bonds. The quantitative estimate of drug-likeness (QED) is 0.680. The fourth-order valence-electron chi connectivity index (χ4n) is 1.56. The van der Waals surface area contributed by atoms with Crippen LogP contribution < -0.4 is 9.64 Å². The van der Waals surface area contributed by atoms with E-state index < -0.39 is 6.17 Å². The molecule has 0 N–H and O–H groups in total. The van der Waals surface area contributed by atoms with E-state index in [0.29, 0.717) is 12.6 Å². The minimum atomic E-state index is -1.02. The summed E-state index contributed by atoms with van der Waals surface area (Å²) in [4.78, 5) is 1.99. The number of hydrogen-bond donors (Lipinski definition) is 0. The maximum Gasteiger partial charge on any atom is 0.201 e. The molecule has 1 aromatic carbocycles. The van der Waals surface area contributed by atoms with Crippen molar-refractivity contribution in [3.8, 4) is 5.75 Å². The molecular weight excluding hydrogens is 181 g/mol. The van der Waals surface area contributed by atoms with E-state index in [1.807, 2.05) is 36.2 Å².